The fraction of sp³-hybridized carbons (Fsp3) is 0.533. The zero-order valence-electron chi connectivity index (χ0n) is 12.8. The molecule has 1 unspecified atom stereocenters. The number of carbonyl (C=O) groups is 1. The van der Waals surface area contributed by atoms with Gasteiger partial charge in [-0.2, -0.15) is 16.9 Å². The molecular formula is C15H19N5O2S. The third kappa shape index (κ3) is 2.88. The van der Waals surface area contributed by atoms with Gasteiger partial charge in [0, 0.05) is 43.5 Å². The maximum absolute atomic E-state index is 12.7. The third-order valence-electron chi connectivity index (χ3n) is 4.27. The van der Waals surface area contributed by atoms with Gasteiger partial charge in [0.25, 0.3) is 5.91 Å². The Kier molecular flexibility index (Phi) is 4.09. The van der Waals surface area contributed by atoms with Gasteiger partial charge >= 0.3 is 0 Å². The van der Waals surface area contributed by atoms with Gasteiger partial charge in [-0.15, -0.1) is 0 Å². The number of rotatable bonds is 2. The Hall–Kier alpha value is -1.80. The van der Waals surface area contributed by atoms with Crippen LogP contribution >= 0.6 is 11.8 Å². The zero-order valence-corrected chi connectivity index (χ0v) is 13.6. The number of ether oxygens (including phenoxy) is 1. The first-order chi connectivity index (χ1) is 11.3. The molecule has 0 spiro atoms. The van der Waals surface area contributed by atoms with Crippen LogP contribution in [-0.4, -0.2) is 75.8 Å². The van der Waals surface area contributed by atoms with Crippen molar-refractivity contribution in [1.82, 2.24) is 19.5 Å². The first-order valence-corrected chi connectivity index (χ1v) is 9.00. The molecule has 7 nitrogen and oxygen atoms in total. The number of thioether (sulfide) groups is 1. The fourth-order valence-electron chi connectivity index (χ4n) is 3.07. The second-order valence-corrected chi connectivity index (χ2v) is 6.88. The van der Waals surface area contributed by atoms with Crippen LogP contribution in [0.25, 0.3) is 5.52 Å². The average molecular weight is 333 g/mol. The second kappa shape index (κ2) is 6.37. The summed E-state index contributed by atoms with van der Waals surface area (Å²) >= 11 is 1.90. The molecule has 2 saturated heterocycles. The van der Waals surface area contributed by atoms with Gasteiger partial charge in [-0.25, -0.2) is 9.50 Å². The summed E-state index contributed by atoms with van der Waals surface area (Å²) in [6, 6.07) is 1.94. The number of anilines is 1. The molecule has 0 aliphatic carbocycles. The fourth-order valence-corrected chi connectivity index (χ4v) is 3.97. The van der Waals surface area contributed by atoms with Crippen LogP contribution in [0.3, 0.4) is 0 Å². The number of hydrogen-bond donors (Lipinski definition) is 0. The lowest BCUT2D eigenvalue weighted by Gasteiger charge is -2.36. The molecule has 0 aromatic carbocycles. The molecule has 122 valence electrons. The Bertz CT molecular complexity index is 700. The summed E-state index contributed by atoms with van der Waals surface area (Å²) in [6.07, 6.45) is 4.92. The molecule has 2 fully saturated rings. The molecular weight excluding hydrogens is 314 g/mol. The molecule has 0 radical (unpaired) electrons. The number of nitrogens with zero attached hydrogens (tertiary/aromatic N) is 5. The van der Waals surface area contributed by atoms with Gasteiger partial charge < -0.3 is 14.5 Å². The van der Waals surface area contributed by atoms with Crippen molar-refractivity contribution in [1.29, 1.82) is 0 Å². The smallest absolute Gasteiger partial charge is 0.253 e. The van der Waals surface area contributed by atoms with E-state index in [1.807, 2.05) is 28.9 Å². The van der Waals surface area contributed by atoms with Crippen molar-refractivity contribution >= 4 is 29.0 Å². The molecule has 23 heavy (non-hydrogen) atoms. The van der Waals surface area contributed by atoms with Crippen LogP contribution in [0, 0.1) is 0 Å². The molecule has 0 bridgehead atoms. The van der Waals surface area contributed by atoms with Crippen molar-refractivity contribution < 1.29 is 9.53 Å². The van der Waals surface area contributed by atoms with E-state index in [9.17, 15) is 4.79 Å². The maximum Gasteiger partial charge on any atom is 0.253 e. The zero-order chi connectivity index (χ0) is 15.6. The largest absolute Gasteiger partial charge is 0.365 e. The highest BCUT2D eigenvalue weighted by atomic mass is 32.2. The molecule has 1 atom stereocenters. The Morgan fingerprint density at radius 2 is 2.13 bits per heavy atom. The number of fused-ring (bicyclic) bond motifs is 1. The van der Waals surface area contributed by atoms with E-state index in [4.69, 9.17) is 4.74 Å². The highest BCUT2D eigenvalue weighted by Crippen LogP contribution is 2.22. The average Bonchev–Trinajstić information content (AvgIpc) is 3.10. The van der Waals surface area contributed by atoms with Crippen LogP contribution in [-0.2, 0) is 9.53 Å². The van der Waals surface area contributed by atoms with Crippen molar-refractivity contribution in [3.05, 3.63) is 24.7 Å². The van der Waals surface area contributed by atoms with Crippen LogP contribution < -0.4 is 4.90 Å². The van der Waals surface area contributed by atoms with Crippen LogP contribution in [0.1, 0.15) is 0 Å². The number of amides is 1. The quantitative estimate of drug-likeness (QED) is 0.798. The SMILES string of the molecule is O=C(C1CN(c2nccn3nccc23)CCO1)N1CCSCC1. The Labute approximate surface area is 138 Å². The minimum Gasteiger partial charge on any atom is -0.365 e. The summed E-state index contributed by atoms with van der Waals surface area (Å²) in [7, 11) is 0. The standard InChI is InChI=1S/C15H19N5O2S/c21-15(18-6-9-23-10-7-18)13-11-19(5-8-22-13)14-12-1-2-17-20(12)4-3-16-14/h1-4,13H,5-11H2. The lowest BCUT2D eigenvalue weighted by molar-refractivity contribution is -0.144. The summed E-state index contributed by atoms with van der Waals surface area (Å²) in [5.74, 6) is 2.99. The molecule has 2 aromatic rings. The highest BCUT2D eigenvalue weighted by Gasteiger charge is 2.32. The number of carbonyl (C=O) groups excluding carboxylic acids is 1. The molecule has 4 rings (SSSR count). The van der Waals surface area contributed by atoms with E-state index >= 15 is 0 Å². The van der Waals surface area contributed by atoms with E-state index in [0.717, 1.165) is 42.5 Å². The van der Waals surface area contributed by atoms with E-state index in [1.54, 1.807) is 16.9 Å². The van der Waals surface area contributed by atoms with Crippen LogP contribution in [0.15, 0.2) is 24.7 Å². The minimum absolute atomic E-state index is 0.107. The predicted molar refractivity (Wildman–Crippen MR) is 88.8 cm³/mol. The topological polar surface area (TPSA) is 63.0 Å². The molecule has 0 N–H and O–H groups in total. The summed E-state index contributed by atoms with van der Waals surface area (Å²) in [5.41, 5.74) is 0.954. The molecule has 2 aliphatic heterocycles. The van der Waals surface area contributed by atoms with Crippen molar-refractivity contribution in [3.8, 4) is 0 Å². The predicted octanol–water partition coefficient (Wildman–Crippen LogP) is 0.510. The molecule has 1 amide bonds. The Morgan fingerprint density at radius 3 is 3.00 bits per heavy atom. The van der Waals surface area contributed by atoms with Gasteiger partial charge in [-0.1, -0.05) is 0 Å². The van der Waals surface area contributed by atoms with Gasteiger partial charge in [-0.3, -0.25) is 4.79 Å². The van der Waals surface area contributed by atoms with Crippen molar-refractivity contribution in [2.75, 3.05) is 49.2 Å². The molecule has 4 heterocycles. The van der Waals surface area contributed by atoms with E-state index in [2.05, 4.69) is 15.0 Å². The number of aromatic nitrogens is 3. The van der Waals surface area contributed by atoms with Crippen LogP contribution in [0.4, 0.5) is 5.82 Å². The maximum atomic E-state index is 12.7. The van der Waals surface area contributed by atoms with E-state index in [0.29, 0.717) is 13.2 Å². The lowest BCUT2D eigenvalue weighted by Crippen LogP contribution is -2.53. The van der Waals surface area contributed by atoms with Crippen LogP contribution in [0.5, 0.6) is 0 Å². The van der Waals surface area contributed by atoms with E-state index in [-0.39, 0.29) is 5.91 Å². The van der Waals surface area contributed by atoms with Gasteiger partial charge in [-0.05, 0) is 6.07 Å². The first kappa shape index (κ1) is 14.8. The van der Waals surface area contributed by atoms with E-state index < -0.39 is 6.10 Å². The minimum atomic E-state index is -0.406. The summed E-state index contributed by atoms with van der Waals surface area (Å²) in [4.78, 5) is 21.2. The summed E-state index contributed by atoms with van der Waals surface area (Å²) in [5, 5.41) is 4.24. The Morgan fingerprint density at radius 1 is 1.26 bits per heavy atom. The monoisotopic (exact) mass is 333 g/mol. The Balaban J connectivity index is 1.52. The third-order valence-corrected chi connectivity index (χ3v) is 5.21. The number of morpholine rings is 1. The molecule has 2 aliphatic rings. The van der Waals surface area contributed by atoms with Crippen molar-refractivity contribution in [2.24, 2.45) is 0 Å². The number of hydrogen-bond acceptors (Lipinski definition) is 6. The normalized spacial score (nSPS) is 22.5. The highest BCUT2D eigenvalue weighted by molar-refractivity contribution is 7.99. The lowest BCUT2D eigenvalue weighted by atomic mass is 10.2. The van der Waals surface area contributed by atoms with Gasteiger partial charge in [0.05, 0.1) is 19.3 Å². The first-order valence-electron chi connectivity index (χ1n) is 7.84. The summed E-state index contributed by atoms with van der Waals surface area (Å²) < 4.78 is 7.55. The van der Waals surface area contributed by atoms with Gasteiger partial charge in [0.15, 0.2) is 11.9 Å². The van der Waals surface area contributed by atoms with Gasteiger partial charge in [0.1, 0.15) is 5.52 Å². The summed E-state index contributed by atoms with van der Waals surface area (Å²) in [6.45, 7) is 3.45. The van der Waals surface area contributed by atoms with Crippen molar-refractivity contribution in [3.63, 3.8) is 0 Å². The second-order valence-electron chi connectivity index (χ2n) is 5.65. The molecule has 2 aromatic heterocycles. The van der Waals surface area contributed by atoms with E-state index in [1.165, 1.54) is 0 Å². The molecule has 0 saturated carbocycles. The van der Waals surface area contributed by atoms with Crippen molar-refractivity contribution in [2.45, 2.75) is 6.10 Å². The van der Waals surface area contributed by atoms with Crippen LogP contribution in [0.2, 0.25) is 0 Å². The van der Waals surface area contributed by atoms with Gasteiger partial charge in [0.2, 0.25) is 0 Å². The molecule has 8 heteroatoms.